The van der Waals surface area contributed by atoms with Gasteiger partial charge < -0.3 is 0 Å². The van der Waals surface area contributed by atoms with Gasteiger partial charge in [-0.25, -0.2) is 0 Å². The van der Waals surface area contributed by atoms with Crippen LogP contribution in [0.15, 0.2) is 36.5 Å². The fourth-order valence-electron chi connectivity index (χ4n) is 2.41. The van der Waals surface area contributed by atoms with Crippen LogP contribution in [0.4, 0.5) is 0 Å². The minimum Gasteiger partial charge on any atom is -0.256 e. The van der Waals surface area contributed by atoms with Gasteiger partial charge in [0.1, 0.15) is 0 Å². The molecule has 0 saturated carbocycles. The van der Waals surface area contributed by atoms with Gasteiger partial charge in [-0.15, -0.1) is 0 Å². The van der Waals surface area contributed by atoms with Crippen molar-refractivity contribution in [2.24, 2.45) is 0 Å². The molecule has 1 nitrogen and oxygen atoms in total. The first-order chi connectivity index (χ1) is 7.65. The summed E-state index contributed by atoms with van der Waals surface area (Å²) in [6, 6.07) is 10.6. The van der Waals surface area contributed by atoms with Crippen molar-refractivity contribution in [1.29, 1.82) is 0 Å². The second-order valence-electron chi connectivity index (χ2n) is 5.01. The average molecular weight is 213 g/mol. The zero-order valence-electron chi connectivity index (χ0n) is 10.3. The van der Waals surface area contributed by atoms with Crippen LogP contribution in [0, 0.1) is 0 Å². The molecule has 0 spiro atoms. The predicted molar refractivity (Wildman–Crippen MR) is 69.7 cm³/mol. The van der Waals surface area contributed by atoms with E-state index in [1.165, 1.54) is 23.8 Å². The van der Waals surface area contributed by atoms with Crippen molar-refractivity contribution in [3.8, 4) is 0 Å². The van der Waals surface area contributed by atoms with Gasteiger partial charge in [-0.2, -0.15) is 0 Å². The monoisotopic (exact) mass is 213 g/mol. The highest BCUT2D eigenvalue weighted by Crippen LogP contribution is 2.32. The lowest BCUT2D eigenvalue weighted by Gasteiger charge is -2.25. The first-order valence-electron chi connectivity index (χ1n) is 5.99. The Bertz CT molecular complexity index is 480. The molecule has 0 bridgehead atoms. The third-order valence-corrected chi connectivity index (χ3v) is 3.24. The lowest BCUT2D eigenvalue weighted by atomic mass is 9.79. The molecule has 1 heterocycles. The third kappa shape index (κ3) is 1.95. The minimum absolute atomic E-state index is 0.211. The molecule has 0 aliphatic heterocycles. The highest BCUT2D eigenvalue weighted by Gasteiger charge is 2.21. The number of hydrogen-bond acceptors (Lipinski definition) is 1. The zero-order valence-corrected chi connectivity index (χ0v) is 10.3. The maximum atomic E-state index is 4.53. The summed E-state index contributed by atoms with van der Waals surface area (Å²) < 4.78 is 0. The Morgan fingerprint density at radius 1 is 1.12 bits per heavy atom. The summed E-state index contributed by atoms with van der Waals surface area (Å²) in [7, 11) is 0. The Hall–Kier alpha value is -1.37. The Balaban J connectivity index is 2.60. The molecule has 1 aromatic carbocycles. The summed E-state index contributed by atoms with van der Waals surface area (Å²) in [6.45, 7) is 6.85. The van der Waals surface area contributed by atoms with Gasteiger partial charge >= 0.3 is 0 Å². The summed E-state index contributed by atoms with van der Waals surface area (Å²) in [6.07, 6.45) is 4.28. The van der Waals surface area contributed by atoms with Gasteiger partial charge in [-0.3, -0.25) is 4.98 Å². The van der Waals surface area contributed by atoms with Crippen molar-refractivity contribution >= 4 is 10.9 Å². The molecule has 0 fully saturated rings. The molecule has 16 heavy (non-hydrogen) atoms. The van der Waals surface area contributed by atoms with Crippen LogP contribution in [0.5, 0.6) is 0 Å². The molecule has 0 radical (unpaired) electrons. The second kappa shape index (κ2) is 4.25. The van der Waals surface area contributed by atoms with E-state index in [-0.39, 0.29) is 5.41 Å². The van der Waals surface area contributed by atoms with Crippen molar-refractivity contribution in [3.05, 3.63) is 42.1 Å². The lowest BCUT2D eigenvalue weighted by Crippen LogP contribution is -2.17. The molecule has 0 saturated heterocycles. The van der Waals surface area contributed by atoms with Crippen LogP contribution in [0.25, 0.3) is 10.9 Å². The zero-order chi connectivity index (χ0) is 11.6. The fourth-order valence-corrected chi connectivity index (χ4v) is 2.41. The third-order valence-electron chi connectivity index (χ3n) is 3.24. The van der Waals surface area contributed by atoms with E-state index in [2.05, 4.69) is 50.0 Å². The normalized spacial score (nSPS) is 11.9. The van der Waals surface area contributed by atoms with Crippen LogP contribution < -0.4 is 0 Å². The maximum Gasteiger partial charge on any atom is 0.0739 e. The summed E-state index contributed by atoms with van der Waals surface area (Å²) in [5, 5.41) is 1.24. The van der Waals surface area contributed by atoms with Gasteiger partial charge in [0.2, 0.25) is 0 Å². The molecule has 2 aromatic rings. The molecular weight excluding hydrogens is 194 g/mol. The Kier molecular flexibility index (Phi) is 2.95. The van der Waals surface area contributed by atoms with Crippen LogP contribution >= 0.6 is 0 Å². The number of pyridine rings is 1. The minimum atomic E-state index is 0.211. The number of benzene rings is 1. The highest BCUT2D eigenvalue weighted by atomic mass is 14.7. The van der Waals surface area contributed by atoms with Crippen molar-refractivity contribution in [3.63, 3.8) is 0 Å². The first-order valence-corrected chi connectivity index (χ1v) is 5.99. The van der Waals surface area contributed by atoms with Gasteiger partial charge in [0.15, 0.2) is 0 Å². The van der Waals surface area contributed by atoms with Crippen molar-refractivity contribution in [2.45, 2.75) is 39.0 Å². The highest BCUT2D eigenvalue weighted by molar-refractivity contribution is 5.82. The predicted octanol–water partition coefficient (Wildman–Crippen LogP) is 4.31. The molecular formula is C15H19N. The van der Waals surface area contributed by atoms with Crippen LogP contribution in [0.3, 0.4) is 0 Å². The molecule has 1 heteroatoms. The Labute approximate surface area is 97.5 Å². The number of rotatable bonds is 3. The van der Waals surface area contributed by atoms with Gasteiger partial charge in [-0.05, 0) is 23.5 Å². The average Bonchev–Trinajstić information content (AvgIpc) is 2.28. The van der Waals surface area contributed by atoms with Crippen LogP contribution in [-0.4, -0.2) is 4.98 Å². The first kappa shape index (κ1) is 11.1. The summed E-state index contributed by atoms with van der Waals surface area (Å²) in [5.74, 6) is 0. The molecule has 0 aliphatic carbocycles. The molecule has 0 unspecified atom stereocenters. The van der Waals surface area contributed by atoms with E-state index >= 15 is 0 Å². The van der Waals surface area contributed by atoms with Crippen molar-refractivity contribution in [2.75, 3.05) is 0 Å². The van der Waals surface area contributed by atoms with Gasteiger partial charge in [-0.1, -0.05) is 51.5 Å². The molecule has 84 valence electrons. The molecule has 2 rings (SSSR count). The van der Waals surface area contributed by atoms with Crippen molar-refractivity contribution < 1.29 is 0 Å². The van der Waals surface area contributed by atoms with E-state index in [4.69, 9.17) is 0 Å². The summed E-state index contributed by atoms with van der Waals surface area (Å²) >= 11 is 0. The topological polar surface area (TPSA) is 12.9 Å². The smallest absolute Gasteiger partial charge is 0.0739 e. The Morgan fingerprint density at radius 3 is 2.62 bits per heavy atom. The maximum absolute atomic E-state index is 4.53. The number of fused-ring (bicyclic) bond motifs is 1. The van der Waals surface area contributed by atoms with E-state index in [0.29, 0.717) is 0 Å². The van der Waals surface area contributed by atoms with E-state index < -0.39 is 0 Å². The number of para-hydroxylation sites is 1. The van der Waals surface area contributed by atoms with E-state index in [1.807, 2.05) is 12.3 Å². The SMILES string of the molecule is CCCC(C)(C)c1cccc2cccnc12. The fraction of sp³-hybridized carbons (Fsp3) is 0.400. The van der Waals surface area contributed by atoms with E-state index in [0.717, 1.165) is 5.52 Å². The number of hydrogen-bond donors (Lipinski definition) is 0. The van der Waals surface area contributed by atoms with Gasteiger partial charge in [0.05, 0.1) is 5.52 Å². The molecule has 0 atom stereocenters. The largest absolute Gasteiger partial charge is 0.256 e. The number of aromatic nitrogens is 1. The second-order valence-corrected chi connectivity index (χ2v) is 5.01. The standard InChI is InChI=1S/C15H19N/c1-4-10-15(2,3)13-9-5-7-12-8-6-11-16-14(12)13/h5-9,11H,4,10H2,1-3H3. The lowest BCUT2D eigenvalue weighted by molar-refractivity contribution is 0.476. The van der Waals surface area contributed by atoms with Gasteiger partial charge in [0.25, 0.3) is 0 Å². The van der Waals surface area contributed by atoms with E-state index in [9.17, 15) is 0 Å². The molecule has 0 amide bonds. The quantitative estimate of drug-likeness (QED) is 0.740. The van der Waals surface area contributed by atoms with Crippen molar-refractivity contribution in [1.82, 2.24) is 4.98 Å². The van der Waals surface area contributed by atoms with E-state index in [1.54, 1.807) is 0 Å². The molecule has 0 N–H and O–H groups in total. The molecule has 1 aromatic heterocycles. The van der Waals surface area contributed by atoms with Crippen LogP contribution in [0.1, 0.15) is 39.2 Å². The summed E-state index contributed by atoms with van der Waals surface area (Å²) in [4.78, 5) is 4.53. The van der Waals surface area contributed by atoms with Gasteiger partial charge in [0, 0.05) is 11.6 Å². The number of nitrogens with zero attached hydrogens (tertiary/aromatic N) is 1. The van der Waals surface area contributed by atoms with Crippen LogP contribution in [0.2, 0.25) is 0 Å². The summed E-state index contributed by atoms with van der Waals surface area (Å²) in [5.41, 5.74) is 2.73. The van der Waals surface area contributed by atoms with Crippen LogP contribution in [-0.2, 0) is 5.41 Å². The Morgan fingerprint density at radius 2 is 1.88 bits per heavy atom. The molecule has 0 aliphatic rings.